The third-order valence-electron chi connectivity index (χ3n) is 2.43. The SMILES string of the molecule is CN(C)CCNC(=O)CC(=O)Nc1c(Cl)cccc1Cl. The maximum absolute atomic E-state index is 11.7. The standard InChI is InChI=1S/C13H17Cl2N3O2/c1-18(2)7-6-16-11(19)8-12(20)17-13-9(14)4-3-5-10(13)15/h3-5H,6-8H2,1-2H3,(H,16,19)(H,17,20). The Kier molecular flexibility index (Phi) is 6.78. The van der Waals surface area contributed by atoms with E-state index in [1.54, 1.807) is 18.2 Å². The molecule has 0 saturated heterocycles. The van der Waals surface area contributed by atoms with Gasteiger partial charge in [-0.05, 0) is 26.2 Å². The molecule has 20 heavy (non-hydrogen) atoms. The number of para-hydroxylation sites is 1. The summed E-state index contributed by atoms with van der Waals surface area (Å²) >= 11 is 11.8. The average Bonchev–Trinajstić information content (AvgIpc) is 2.33. The smallest absolute Gasteiger partial charge is 0.233 e. The summed E-state index contributed by atoms with van der Waals surface area (Å²) in [5, 5.41) is 5.85. The number of halogens is 2. The number of hydrogen-bond acceptors (Lipinski definition) is 3. The first-order valence-electron chi connectivity index (χ1n) is 6.05. The highest BCUT2D eigenvalue weighted by molar-refractivity contribution is 6.39. The van der Waals surface area contributed by atoms with E-state index in [0.717, 1.165) is 0 Å². The maximum Gasteiger partial charge on any atom is 0.233 e. The second kappa shape index (κ2) is 8.09. The largest absolute Gasteiger partial charge is 0.354 e. The van der Waals surface area contributed by atoms with Gasteiger partial charge >= 0.3 is 0 Å². The number of likely N-dealkylation sites (N-methyl/N-ethyl adjacent to an activating group) is 1. The lowest BCUT2D eigenvalue weighted by Crippen LogP contribution is -2.33. The molecule has 1 aromatic rings. The van der Waals surface area contributed by atoms with Crippen LogP contribution >= 0.6 is 23.2 Å². The van der Waals surface area contributed by atoms with Gasteiger partial charge in [-0.2, -0.15) is 0 Å². The number of hydrogen-bond donors (Lipinski definition) is 2. The molecule has 0 heterocycles. The first-order chi connectivity index (χ1) is 9.40. The van der Waals surface area contributed by atoms with E-state index in [4.69, 9.17) is 23.2 Å². The van der Waals surface area contributed by atoms with E-state index in [1.807, 2.05) is 19.0 Å². The number of anilines is 1. The molecule has 2 N–H and O–H groups in total. The molecule has 0 aliphatic rings. The Morgan fingerprint density at radius 1 is 1.15 bits per heavy atom. The van der Waals surface area contributed by atoms with E-state index in [2.05, 4.69) is 10.6 Å². The van der Waals surface area contributed by atoms with Gasteiger partial charge in [0.15, 0.2) is 0 Å². The molecule has 0 fully saturated rings. The van der Waals surface area contributed by atoms with Crippen molar-refractivity contribution in [2.24, 2.45) is 0 Å². The van der Waals surface area contributed by atoms with Crippen molar-refractivity contribution < 1.29 is 9.59 Å². The van der Waals surface area contributed by atoms with Crippen molar-refractivity contribution >= 4 is 40.7 Å². The average molecular weight is 318 g/mol. The van der Waals surface area contributed by atoms with Gasteiger partial charge in [0.1, 0.15) is 6.42 Å². The van der Waals surface area contributed by atoms with Gasteiger partial charge in [-0.25, -0.2) is 0 Å². The third-order valence-corrected chi connectivity index (χ3v) is 3.06. The summed E-state index contributed by atoms with van der Waals surface area (Å²) in [7, 11) is 3.80. The molecule has 0 aliphatic carbocycles. The summed E-state index contributed by atoms with van der Waals surface area (Å²) in [5.74, 6) is -0.796. The molecular weight excluding hydrogens is 301 g/mol. The van der Waals surface area contributed by atoms with E-state index in [9.17, 15) is 9.59 Å². The number of amides is 2. The monoisotopic (exact) mass is 317 g/mol. The van der Waals surface area contributed by atoms with Crippen LogP contribution in [0.4, 0.5) is 5.69 Å². The molecule has 0 aromatic heterocycles. The minimum Gasteiger partial charge on any atom is -0.354 e. The summed E-state index contributed by atoms with van der Waals surface area (Å²) in [6.07, 6.45) is -0.269. The molecule has 5 nitrogen and oxygen atoms in total. The zero-order chi connectivity index (χ0) is 15.1. The topological polar surface area (TPSA) is 61.4 Å². The number of carbonyl (C=O) groups excluding carboxylic acids is 2. The maximum atomic E-state index is 11.7. The van der Waals surface area contributed by atoms with E-state index >= 15 is 0 Å². The van der Waals surface area contributed by atoms with Crippen LogP contribution in [0.3, 0.4) is 0 Å². The van der Waals surface area contributed by atoms with Crippen LogP contribution in [0.2, 0.25) is 10.0 Å². The Bertz CT molecular complexity index is 472. The molecular formula is C13H17Cl2N3O2. The fourth-order valence-corrected chi connectivity index (χ4v) is 1.92. The van der Waals surface area contributed by atoms with Crippen LogP contribution in [0, 0.1) is 0 Å². The zero-order valence-corrected chi connectivity index (χ0v) is 12.9. The third kappa shape index (κ3) is 5.77. The van der Waals surface area contributed by atoms with Crippen molar-refractivity contribution in [3.63, 3.8) is 0 Å². The zero-order valence-electron chi connectivity index (χ0n) is 11.4. The first-order valence-corrected chi connectivity index (χ1v) is 6.81. The second-order valence-electron chi connectivity index (χ2n) is 4.47. The molecule has 1 aromatic carbocycles. The van der Waals surface area contributed by atoms with Gasteiger partial charge in [-0.15, -0.1) is 0 Å². The molecule has 7 heteroatoms. The van der Waals surface area contributed by atoms with Crippen molar-refractivity contribution in [3.8, 4) is 0 Å². The van der Waals surface area contributed by atoms with Gasteiger partial charge < -0.3 is 15.5 Å². The van der Waals surface area contributed by atoms with Crippen LogP contribution in [-0.2, 0) is 9.59 Å². The Morgan fingerprint density at radius 3 is 2.30 bits per heavy atom. The minimum absolute atomic E-state index is 0.269. The first kappa shape index (κ1) is 16.8. The van der Waals surface area contributed by atoms with E-state index in [0.29, 0.717) is 28.8 Å². The van der Waals surface area contributed by atoms with Crippen LogP contribution in [0.15, 0.2) is 18.2 Å². The predicted molar refractivity (Wildman–Crippen MR) is 81.3 cm³/mol. The summed E-state index contributed by atoms with van der Waals surface area (Å²) in [5.41, 5.74) is 0.321. The summed E-state index contributed by atoms with van der Waals surface area (Å²) in [6, 6.07) is 4.90. The number of nitrogens with zero attached hydrogens (tertiary/aromatic N) is 1. The quantitative estimate of drug-likeness (QED) is 0.789. The van der Waals surface area contributed by atoms with Crippen LogP contribution in [0.1, 0.15) is 6.42 Å². The Balaban J connectivity index is 2.45. The van der Waals surface area contributed by atoms with Gasteiger partial charge in [-0.3, -0.25) is 9.59 Å². The van der Waals surface area contributed by atoms with Crippen LogP contribution < -0.4 is 10.6 Å². The van der Waals surface area contributed by atoms with Gasteiger partial charge in [0.2, 0.25) is 11.8 Å². The van der Waals surface area contributed by atoms with Crippen molar-refractivity contribution in [2.75, 3.05) is 32.5 Å². The summed E-state index contributed by atoms with van der Waals surface area (Å²) < 4.78 is 0. The molecule has 0 bridgehead atoms. The molecule has 2 amide bonds. The van der Waals surface area contributed by atoms with Gasteiger partial charge in [-0.1, -0.05) is 29.3 Å². The lowest BCUT2D eigenvalue weighted by molar-refractivity contribution is -0.126. The molecule has 0 radical (unpaired) electrons. The number of nitrogens with one attached hydrogen (secondary N) is 2. The van der Waals surface area contributed by atoms with Crippen LogP contribution in [0.25, 0.3) is 0 Å². The Hall–Kier alpha value is -1.30. The van der Waals surface area contributed by atoms with Crippen molar-refractivity contribution in [3.05, 3.63) is 28.2 Å². The molecule has 1 rings (SSSR count). The normalized spacial score (nSPS) is 10.4. The van der Waals surface area contributed by atoms with Crippen molar-refractivity contribution in [2.45, 2.75) is 6.42 Å². The van der Waals surface area contributed by atoms with Crippen LogP contribution in [-0.4, -0.2) is 43.9 Å². The van der Waals surface area contributed by atoms with E-state index in [-0.39, 0.29) is 12.3 Å². The van der Waals surface area contributed by atoms with E-state index in [1.165, 1.54) is 0 Å². The second-order valence-corrected chi connectivity index (χ2v) is 5.29. The highest BCUT2D eigenvalue weighted by Crippen LogP contribution is 2.29. The summed E-state index contributed by atoms with van der Waals surface area (Å²) in [4.78, 5) is 25.2. The predicted octanol–water partition coefficient (Wildman–Crippen LogP) is 2.00. The molecule has 0 unspecified atom stereocenters. The molecule has 0 aliphatic heterocycles. The summed E-state index contributed by atoms with van der Waals surface area (Å²) in [6.45, 7) is 1.20. The lowest BCUT2D eigenvalue weighted by atomic mass is 10.3. The molecule has 0 spiro atoms. The molecule has 0 saturated carbocycles. The fraction of sp³-hybridized carbons (Fsp3) is 0.385. The number of carbonyl (C=O) groups is 2. The lowest BCUT2D eigenvalue weighted by Gasteiger charge is -2.11. The minimum atomic E-state index is -0.456. The number of benzene rings is 1. The number of rotatable bonds is 6. The van der Waals surface area contributed by atoms with Crippen LogP contribution in [0.5, 0.6) is 0 Å². The molecule has 110 valence electrons. The molecule has 0 atom stereocenters. The highest BCUT2D eigenvalue weighted by Gasteiger charge is 2.13. The van der Waals surface area contributed by atoms with E-state index < -0.39 is 5.91 Å². The fourth-order valence-electron chi connectivity index (χ4n) is 1.43. The van der Waals surface area contributed by atoms with Gasteiger partial charge in [0.25, 0.3) is 0 Å². The highest BCUT2D eigenvalue weighted by atomic mass is 35.5. The van der Waals surface area contributed by atoms with Crippen molar-refractivity contribution in [1.82, 2.24) is 10.2 Å². The van der Waals surface area contributed by atoms with Gasteiger partial charge in [0.05, 0.1) is 15.7 Å². The Labute approximate surface area is 128 Å². The van der Waals surface area contributed by atoms with Crippen molar-refractivity contribution in [1.29, 1.82) is 0 Å². The van der Waals surface area contributed by atoms with Gasteiger partial charge in [0, 0.05) is 13.1 Å². The Morgan fingerprint density at radius 2 is 1.75 bits per heavy atom.